The lowest BCUT2D eigenvalue weighted by Crippen LogP contribution is -2.15. The molecule has 0 unspecified atom stereocenters. The van der Waals surface area contributed by atoms with E-state index in [1.165, 1.54) is 5.48 Å². The maximum atomic E-state index is 10.8. The number of halogens is 2. The van der Waals surface area contributed by atoms with Crippen LogP contribution in [0.5, 0.6) is 0 Å². The van der Waals surface area contributed by atoms with E-state index in [1.807, 2.05) is 0 Å². The summed E-state index contributed by atoms with van der Waals surface area (Å²) in [7, 11) is 0. The van der Waals surface area contributed by atoms with Gasteiger partial charge in [-0.1, -0.05) is 0 Å². The summed E-state index contributed by atoms with van der Waals surface area (Å²) in [4.78, 5) is 12.2. The molecule has 0 aromatic rings. The van der Waals surface area contributed by atoms with E-state index in [9.17, 15) is 8.78 Å². The molecule has 0 aliphatic heterocycles. The first-order valence-electron chi connectivity index (χ1n) is 1.33. The maximum absolute atomic E-state index is 10.8. The van der Waals surface area contributed by atoms with Gasteiger partial charge in [0.1, 0.15) is 0 Å². The second-order valence-electron chi connectivity index (χ2n) is 0.583. The summed E-state index contributed by atoms with van der Waals surface area (Å²) in [6.45, 7) is -2.97. The fraction of sp³-hybridized carbons (Fsp3) is 0.500. The second kappa shape index (κ2) is 3.48. The third-order valence-electron chi connectivity index (χ3n) is 0.190. The molecule has 0 spiro atoms. The van der Waals surface area contributed by atoms with Crippen LogP contribution in [0.2, 0.25) is 0 Å². The fourth-order valence-corrected chi connectivity index (χ4v) is 0.0686. The Morgan fingerprint density at radius 2 is 2.29 bits per heavy atom. The Morgan fingerprint density at radius 1 is 1.71 bits per heavy atom. The van der Waals surface area contributed by atoms with Crippen molar-refractivity contribution in [3.8, 4) is 0 Å². The minimum Gasteiger partial charge on any atom is -0.261 e. The van der Waals surface area contributed by atoms with Crippen molar-refractivity contribution in [1.82, 2.24) is 5.48 Å². The van der Waals surface area contributed by atoms with Crippen molar-refractivity contribution in [2.24, 2.45) is 0 Å². The summed E-state index contributed by atoms with van der Waals surface area (Å²) in [5.41, 5.74) is 1.19. The molecule has 1 N–H and O–H groups in total. The van der Waals surface area contributed by atoms with Crippen LogP contribution in [0.4, 0.5) is 8.78 Å². The molecule has 0 aromatic carbocycles. The molecule has 0 bridgehead atoms. The van der Waals surface area contributed by atoms with E-state index in [0.29, 0.717) is 0 Å². The van der Waals surface area contributed by atoms with Crippen molar-refractivity contribution in [3.63, 3.8) is 0 Å². The predicted octanol–water partition coefficient (Wildman–Crippen LogP) is -0.203. The zero-order valence-electron chi connectivity index (χ0n) is 3.15. The predicted molar refractivity (Wildman–Crippen MR) is 15.9 cm³/mol. The molecule has 0 fully saturated rings. The molecule has 1 radical (unpaired) electrons. The van der Waals surface area contributed by atoms with Crippen LogP contribution >= 0.6 is 0 Å². The van der Waals surface area contributed by atoms with Crippen LogP contribution in [-0.4, -0.2) is 13.0 Å². The van der Waals surface area contributed by atoms with E-state index >= 15 is 0 Å². The third kappa shape index (κ3) is 5.29. The zero-order chi connectivity index (χ0) is 5.70. The lowest BCUT2D eigenvalue weighted by Gasteiger charge is -1.92. The molecule has 5 heteroatoms. The van der Waals surface area contributed by atoms with Crippen LogP contribution in [0.15, 0.2) is 0 Å². The van der Waals surface area contributed by atoms with Gasteiger partial charge in [0.15, 0.2) is 0 Å². The minimum absolute atomic E-state index is 0.897. The average molecular weight is 110 g/mol. The third-order valence-corrected chi connectivity index (χ3v) is 0.190. The van der Waals surface area contributed by atoms with Gasteiger partial charge < -0.3 is 0 Å². The summed E-state index contributed by atoms with van der Waals surface area (Å²) < 4.78 is 21.5. The highest BCUT2D eigenvalue weighted by atomic mass is 19.3. The summed E-state index contributed by atoms with van der Waals surface area (Å²) in [6, 6.07) is 0. The van der Waals surface area contributed by atoms with Gasteiger partial charge in [0, 0.05) is 0 Å². The molecule has 0 atom stereocenters. The summed E-state index contributed by atoms with van der Waals surface area (Å²) >= 11 is 0. The number of nitrogens with one attached hydrogen (secondary N) is 1. The van der Waals surface area contributed by atoms with Crippen molar-refractivity contribution in [2.45, 2.75) is 6.61 Å². The first-order valence-corrected chi connectivity index (χ1v) is 1.33. The number of hydrogen-bond acceptors (Lipinski definition) is 2. The van der Waals surface area contributed by atoms with Crippen LogP contribution in [0.25, 0.3) is 0 Å². The molecule has 0 rings (SSSR count). The van der Waals surface area contributed by atoms with E-state index in [4.69, 9.17) is 4.79 Å². The van der Waals surface area contributed by atoms with Gasteiger partial charge in [-0.15, -0.1) is 0 Å². The number of carbonyl (C=O) groups excluding carboxylic acids is 1. The van der Waals surface area contributed by atoms with Crippen molar-refractivity contribution in [2.75, 3.05) is 0 Å². The summed E-state index contributed by atoms with van der Waals surface area (Å²) in [5.74, 6) is 0. The SMILES string of the molecule is O=[C]NOC(F)F. The number of rotatable bonds is 3. The Hall–Kier alpha value is -0.710. The van der Waals surface area contributed by atoms with Crippen molar-refractivity contribution >= 4 is 6.41 Å². The Balaban J connectivity index is 2.81. The van der Waals surface area contributed by atoms with Crippen LogP contribution in [0, 0.1) is 0 Å². The number of amides is 1. The smallest absolute Gasteiger partial charge is 0.261 e. The van der Waals surface area contributed by atoms with Gasteiger partial charge in [-0.05, 0) is 0 Å². The van der Waals surface area contributed by atoms with Crippen molar-refractivity contribution < 1.29 is 18.4 Å². The van der Waals surface area contributed by atoms with E-state index in [0.717, 1.165) is 6.41 Å². The molecular weight excluding hydrogens is 108 g/mol. The van der Waals surface area contributed by atoms with Crippen LogP contribution in [0.3, 0.4) is 0 Å². The number of hydroxylamine groups is 1. The highest BCUT2D eigenvalue weighted by Crippen LogP contribution is 1.87. The molecule has 0 saturated carbocycles. The Labute approximate surface area is 38.2 Å². The summed E-state index contributed by atoms with van der Waals surface area (Å²) in [6.07, 6.45) is 0.897. The molecule has 1 amide bonds. The van der Waals surface area contributed by atoms with E-state index < -0.39 is 6.61 Å². The molecule has 0 saturated heterocycles. The van der Waals surface area contributed by atoms with Crippen LogP contribution < -0.4 is 5.48 Å². The lowest BCUT2D eigenvalue weighted by atomic mass is 11.4. The van der Waals surface area contributed by atoms with Crippen molar-refractivity contribution in [3.05, 3.63) is 0 Å². The molecule has 7 heavy (non-hydrogen) atoms. The highest BCUT2D eigenvalue weighted by Gasteiger charge is 1.97. The number of alkyl halides is 2. The van der Waals surface area contributed by atoms with Crippen LogP contribution in [0.1, 0.15) is 0 Å². The van der Waals surface area contributed by atoms with Crippen molar-refractivity contribution in [1.29, 1.82) is 0 Å². The molecule has 41 valence electrons. The van der Waals surface area contributed by atoms with Gasteiger partial charge in [0.05, 0.1) is 0 Å². The lowest BCUT2D eigenvalue weighted by molar-refractivity contribution is -0.155. The van der Waals surface area contributed by atoms with E-state index in [-0.39, 0.29) is 0 Å². The van der Waals surface area contributed by atoms with Gasteiger partial charge in [0.25, 0.3) is 0 Å². The number of hydrogen-bond donors (Lipinski definition) is 1. The first-order chi connectivity index (χ1) is 3.27. The molecule has 0 aliphatic carbocycles. The monoisotopic (exact) mass is 110 g/mol. The zero-order valence-corrected chi connectivity index (χ0v) is 3.15. The molecule has 0 heterocycles. The molecule has 0 aliphatic rings. The second-order valence-corrected chi connectivity index (χ2v) is 0.583. The van der Waals surface area contributed by atoms with Gasteiger partial charge >= 0.3 is 13.0 Å². The summed E-state index contributed by atoms with van der Waals surface area (Å²) in [5, 5.41) is 0. The normalized spacial score (nSPS) is 9.00. The quantitative estimate of drug-likeness (QED) is 0.403. The van der Waals surface area contributed by atoms with E-state index in [1.54, 1.807) is 0 Å². The van der Waals surface area contributed by atoms with E-state index in [2.05, 4.69) is 4.84 Å². The Morgan fingerprint density at radius 3 is 2.43 bits per heavy atom. The molecular formula is C2H2F2NO2. The topological polar surface area (TPSA) is 38.3 Å². The fourth-order valence-electron chi connectivity index (χ4n) is 0.0686. The minimum atomic E-state index is -2.97. The first kappa shape index (κ1) is 6.29. The van der Waals surface area contributed by atoms with Gasteiger partial charge in [0.2, 0.25) is 0 Å². The maximum Gasteiger partial charge on any atom is 0.364 e. The van der Waals surface area contributed by atoms with Gasteiger partial charge in [-0.25, -0.2) is 10.3 Å². The van der Waals surface area contributed by atoms with Gasteiger partial charge in [-0.3, -0.25) is 4.79 Å². The highest BCUT2D eigenvalue weighted by molar-refractivity contribution is 5.44. The van der Waals surface area contributed by atoms with Crippen LogP contribution in [-0.2, 0) is 9.63 Å². The Kier molecular flexibility index (Phi) is 3.13. The molecule has 0 aromatic heterocycles. The largest absolute Gasteiger partial charge is 0.364 e. The standard InChI is InChI=1S/C2H2F2NO2/c3-2(4)7-5-1-6/h2H,(H,5,6). The average Bonchev–Trinajstić information content (AvgIpc) is 1.61. The Bertz CT molecular complexity index is 57.7. The van der Waals surface area contributed by atoms with Gasteiger partial charge in [-0.2, -0.15) is 8.78 Å². The molecule has 3 nitrogen and oxygen atoms in total.